The molecule has 1 saturated carbocycles. The molecule has 6 nitrogen and oxygen atoms in total. The number of piperazine rings is 1. The fourth-order valence-electron chi connectivity index (χ4n) is 3.55. The molecule has 2 fully saturated rings. The van der Waals surface area contributed by atoms with E-state index in [2.05, 4.69) is 0 Å². The monoisotopic (exact) mass is 297 g/mol. The first-order chi connectivity index (χ1) is 10.1. The number of carbonyl (C=O) groups is 2. The number of hydrogen-bond acceptors (Lipinski definition) is 4. The molecule has 0 radical (unpaired) electrons. The van der Waals surface area contributed by atoms with Crippen LogP contribution in [0.15, 0.2) is 0 Å². The van der Waals surface area contributed by atoms with Crippen molar-refractivity contribution in [3.05, 3.63) is 0 Å². The second kappa shape index (κ2) is 7.22. The van der Waals surface area contributed by atoms with E-state index in [1.807, 2.05) is 9.80 Å². The molecule has 1 aliphatic carbocycles. The summed E-state index contributed by atoms with van der Waals surface area (Å²) in [5.41, 5.74) is 5.60. The van der Waals surface area contributed by atoms with Crippen molar-refractivity contribution in [3.8, 4) is 0 Å². The third-order valence-electron chi connectivity index (χ3n) is 4.92. The van der Waals surface area contributed by atoms with Crippen molar-refractivity contribution in [1.29, 1.82) is 0 Å². The Bertz CT molecular complexity index is 370. The molecule has 120 valence electrons. The van der Waals surface area contributed by atoms with E-state index in [-0.39, 0.29) is 17.9 Å². The molecule has 0 atom stereocenters. The zero-order chi connectivity index (χ0) is 15.3. The van der Waals surface area contributed by atoms with Crippen LogP contribution < -0.4 is 5.73 Å². The van der Waals surface area contributed by atoms with Crippen molar-refractivity contribution < 1.29 is 14.7 Å². The summed E-state index contributed by atoms with van der Waals surface area (Å²) in [5, 5.41) is 8.82. The molecular formula is C15H27N3O3. The minimum absolute atomic E-state index is 0.0596. The molecule has 3 N–H and O–H groups in total. The maximum absolute atomic E-state index is 12.9. The number of nitrogens with two attached hydrogens (primary N) is 1. The largest absolute Gasteiger partial charge is 0.480 e. The van der Waals surface area contributed by atoms with E-state index in [0.29, 0.717) is 32.7 Å². The predicted molar refractivity (Wildman–Crippen MR) is 79.8 cm³/mol. The van der Waals surface area contributed by atoms with Crippen molar-refractivity contribution >= 4 is 11.9 Å². The lowest BCUT2D eigenvalue weighted by Gasteiger charge is -2.40. The van der Waals surface area contributed by atoms with Crippen molar-refractivity contribution in [2.45, 2.75) is 38.5 Å². The molecular weight excluding hydrogens is 270 g/mol. The number of rotatable bonds is 4. The van der Waals surface area contributed by atoms with Crippen LogP contribution in [0.5, 0.6) is 0 Å². The lowest BCUT2D eigenvalue weighted by molar-refractivity contribution is -0.145. The van der Waals surface area contributed by atoms with E-state index >= 15 is 0 Å². The smallest absolute Gasteiger partial charge is 0.317 e. The van der Waals surface area contributed by atoms with Gasteiger partial charge in [-0.05, 0) is 12.8 Å². The number of carboxylic acids is 1. The normalized spacial score (nSPS) is 23.6. The minimum Gasteiger partial charge on any atom is -0.480 e. The van der Waals surface area contributed by atoms with E-state index in [4.69, 9.17) is 10.8 Å². The van der Waals surface area contributed by atoms with Gasteiger partial charge in [0.1, 0.15) is 0 Å². The summed E-state index contributed by atoms with van der Waals surface area (Å²) in [5.74, 6) is -0.612. The van der Waals surface area contributed by atoms with Gasteiger partial charge >= 0.3 is 5.97 Å². The number of nitrogens with zero attached hydrogens (tertiary/aromatic N) is 2. The molecule has 2 rings (SSSR count). The Kier molecular flexibility index (Phi) is 5.58. The molecule has 0 unspecified atom stereocenters. The number of hydrogen-bond donors (Lipinski definition) is 2. The summed E-state index contributed by atoms with van der Waals surface area (Å²) < 4.78 is 0. The molecule has 1 saturated heterocycles. The zero-order valence-electron chi connectivity index (χ0n) is 12.7. The van der Waals surface area contributed by atoms with Crippen molar-refractivity contribution in [2.24, 2.45) is 11.1 Å². The van der Waals surface area contributed by atoms with Gasteiger partial charge in [0.15, 0.2) is 0 Å². The highest BCUT2D eigenvalue weighted by molar-refractivity contribution is 5.83. The number of aliphatic carboxylic acids is 1. The van der Waals surface area contributed by atoms with E-state index in [0.717, 1.165) is 25.7 Å². The minimum atomic E-state index is -0.808. The van der Waals surface area contributed by atoms with Gasteiger partial charge in [0.05, 0.1) is 12.0 Å². The maximum Gasteiger partial charge on any atom is 0.317 e. The van der Waals surface area contributed by atoms with Crippen LogP contribution in [0.3, 0.4) is 0 Å². The van der Waals surface area contributed by atoms with E-state index in [1.54, 1.807) is 0 Å². The third kappa shape index (κ3) is 3.95. The van der Waals surface area contributed by atoms with Crippen LogP contribution in [-0.2, 0) is 9.59 Å². The molecule has 6 heteroatoms. The fraction of sp³-hybridized carbons (Fsp3) is 0.867. The van der Waals surface area contributed by atoms with Gasteiger partial charge in [-0.2, -0.15) is 0 Å². The summed E-state index contributed by atoms with van der Waals surface area (Å²) >= 11 is 0. The Balaban J connectivity index is 1.94. The number of carbonyl (C=O) groups excluding carboxylic acids is 1. The van der Waals surface area contributed by atoms with Gasteiger partial charge < -0.3 is 15.7 Å². The van der Waals surface area contributed by atoms with E-state index in [9.17, 15) is 9.59 Å². The first-order valence-electron chi connectivity index (χ1n) is 8.01. The van der Waals surface area contributed by atoms with Crippen molar-refractivity contribution in [3.63, 3.8) is 0 Å². The molecule has 1 amide bonds. The van der Waals surface area contributed by atoms with Crippen LogP contribution in [0, 0.1) is 5.41 Å². The first kappa shape index (κ1) is 16.2. The lowest BCUT2D eigenvalue weighted by atomic mass is 9.79. The standard InChI is InChI=1S/C15H27N3O3/c16-12-15(5-3-1-2-4-6-15)14(21)18-9-7-17(8-10-18)11-13(19)20/h1-12,16H2,(H,19,20). The second-order valence-corrected chi connectivity index (χ2v) is 6.36. The molecule has 2 aliphatic rings. The highest BCUT2D eigenvalue weighted by atomic mass is 16.4. The van der Waals surface area contributed by atoms with Gasteiger partial charge in [0.2, 0.25) is 5.91 Å². The molecule has 21 heavy (non-hydrogen) atoms. The Labute approximate surface area is 126 Å². The van der Waals surface area contributed by atoms with Crippen LogP contribution in [-0.4, -0.2) is 66.1 Å². The molecule has 0 aromatic carbocycles. The zero-order valence-corrected chi connectivity index (χ0v) is 12.7. The second-order valence-electron chi connectivity index (χ2n) is 6.36. The number of carboxylic acid groups (broad SMARTS) is 1. The highest BCUT2D eigenvalue weighted by Gasteiger charge is 2.40. The Morgan fingerprint density at radius 3 is 2.05 bits per heavy atom. The summed E-state index contributed by atoms with van der Waals surface area (Å²) in [4.78, 5) is 27.4. The topological polar surface area (TPSA) is 86.9 Å². The van der Waals surface area contributed by atoms with Crippen LogP contribution in [0.4, 0.5) is 0 Å². The van der Waals surface area contributed by atoms with Crippen molar-refractivity contribution in [1.82, 2.24) is 9.80 Å². The van der Waals surface area contributed by atoms with Gasteiger partial charge in [-0.15, -0.1) is 0 Å². The van der Waals surface area contributed by atoms with E-state index < -0.39 is 5.97 Å². The highest BCUT2D eigenvalue weighted by Crippen LogP contribution is 2.36. The molecule has 0 spiro atoms. The average molecular weight is 297 g/mol. The summed E-state index contributed by atoms with van der Waals surface area (Å²) in [6.07, 6.45) is 6.36. The van der Waals surface area contributed by atoms with Crippen molar-refractivity contribution in [2.75, 3.05) is 39.3 Å². The molecule has 0 aromatic heterocycles. The predicted octanol–water partition coefficient (Wildman–Crippen LogP) is 0.515. The Morgan fingerprint density at radius 2 is 1.57 bits per heavy atom. The lowest BCUT2D eigenvalue weighted by Crippen LogP contribution is -2.55. The Hall–Kier alpha value is -1.14. The Morgan fingerprint density at radius 1 is 1.00 bits per heavy atom. The summed E-state index contributed by atoms with van der Waals surface area (Å²) in [6, 6.07) is 0. The summed E-state index contributed by atoms with van der Waals surface area (Å²) in [7, 11) is 0. The fourth-order valence-corrected chi connectivity index (χ4v) is 3.55. The number of amides is 1. The quantitative estimate of drug-likeness (QED) is 0.739. The molecule has 1 aliphatic heterocycles. The van der Waals surface area contributed by atoms with Gasteiger partial charge in [-0.3, -0.25) is 14.5 Å². The SMILES string of the molecule is NCC1(C(=O)N2CCN(CC(=O)O)CC2)CCCCCC1. The molecule has 1 heterocycles. The van der Waals surface area contributed by atoms with E-state index in [1.165, 1.54) is 12.8 Å². The van der Waals surface area contributed by atoms with Gasteiger partial charge in [0, 0.05) is 32.7 Å². The van der Waals surface area contributed by atoms with Gasteiger partial charge in [-0.25, -0.2) is 0 Å². The molecule has 0 aromatic rings. The van der Waals surface area contributed by atoms with Gasteiger partial charge in [-0.1, -0.05) is 25.7 Å². The van der Waals surface area contributed by atoms with Crippen LogP contribution in [0.1, 0.15) is 38.5 Å². The molecule has 0 bridgehead atoms. The maximum atomic E-state index is 12.9. The third-order valence-corrected chi connectivity index (χ3v) is 4.92. The first-order valence-corrected chi connectivity index (χ1v) is 8.01. The van der Waals surface area contributed by atoms with Gasteiger partial charge in [0.25, 0.3) is 0 Å². The summed E-state index contributed by atoms with van der Waals surface area (Å²) in [6.45, 7) is 3.00. The average Bonchev–Trinajstić information content (AvgIpc) is 2.73. The van der Waals surface area contributed by atoms with Crippen LogP contribution in [0.25, 0.3) is 0 Å². The van der Waals surface area contributed by atoms with Crippen LogP contribution >= 0.6 is 0 Å². The van der Waals surface area contributed by atoms with Crippen LogP contribution in [0.2, 0.25) is 0 Å².